The quantitative estimate of drug-likeness (QED) is 0.418. The third-order valence-corrected chi connectivity index (χ3v) is 6.61. The summed E-state index contributed by atoms with van der Waals surface area (Å²) in [5.74, 6) is 2.17. The van der Waals surface area contributed by atoms with E-state index in [1.165, 1.54) is 15.0 Å². The van der Waals surface area contributed by atoms with E-state index in [0.29, 0.717) is 0 Å². The van der Waals surface area contributed by atoms with Crippen LogP contribution in [0.15, 0.2) is 59.5 Å². The minimum absolute atomic E-state index is 0.810. The van der Waals surface area contributed by atoms with Crippen molar-refractivity contribution < 1.29 is 4.74 Å². The van der Waals surface area contributed by atoms with Crippen LogP contribution in [-0.2, 0) is 4.74 Å². The summed E-state index contributed by atoms with van der Waals surface area (Å²) in [4.78, 5) is 6.23. The number of rotatable bonds is 8. The molecule has 142 valence electrons. The summed E-state index contributed by atoms with van der Waals surface area (Å²) >= 11 is 3.46. The summed E-state index contributed by atoms with van der Waals surface area (Å²) in [5, 5.41) is 1.29. The number of fused-ring (bicyclic) bond motifs is 1. The lowest BCUT2D eigenvalue weighted by Crippen LogP contribution is -2.47. The van der Waals surface area contributed by atoms with Gasteiger partial charge in [0.05, 0.1) is 17.9 Å². The fourth-order valence-electron chi connectivity index (χ4n) is 3.31. The monoisotopic (exact) mass is 399 g/mol. The van der Waals surface area contributed by atoms with Gasteiger partial charge < -0.3 is 9.64 Å². The van der Waals surface area contributed by atoms with Crippen molar-refractivity contribution in [1.82, 2.24) is 9.27 Å². The highest BCUT2D eigenvalue weighted by Crippen LogP contribution is 2.29. The lowest BCUT2D eigenvalue weighted by atomic mass is 10.2. The molecule has 0 saturated carbocycles. The van der Waals surface area contributed by atoms with E-state index in [1.54, 1.807) is 11.5 Å². The average Bonchev–Trinajstić information content (AvgIpc) is 3.16. The van der Waals surface area contributed by atoms with Gasteiger partial charge in [0.2, 0.25) is 0 Å². The molecule has 1 fully saturated rings. The van der Waals surface area contributed by atoms with Crippen molar-refractivity contribution in [2.45, 2.75) is 4.90 Å². The van der Waals surface area contributed by atoms with E-state index in [0.717, 1.165) is 57.5 Å². The molecular weight excluding hydrogens is 374 g/mol. The van der Waals surface area contributed by atoms with E-state index < -0.39 is 0 Å². The van der Waals surface area contributed by atoms with Gasteiger partial charge in [0.15, 0.2) is 0 Å². The highest BCUT2D eigenvalue weighted by Gasteiger charge is 2.20. The highest BCUT2D eigenvalue weighted by atomic mass is 32.2. The predicted molar refractivity (Wildman–Crippen MR) is 116 cm³/mol. The summed E-state index contributed by atoms with van der Waals surface area (Å²) < 4.78 is 11.8. The molecule has 0 unspecified atom stereocenters. The molecule has 0 spiro atoms. The van der Waals surface area contributed by atoms with Gasteiger partial charge >= 0.3 is 0 Å². The Labute approximate surface area is 169 Å². The second-order valence-corrected chi connectivity index (χ2v) is 8.58. The van der Waals surface area contributed by atoms with Gasteiger partial charge in [-0.15, -0.1) is 11.8 Å². The van der Waals surface area contributed by atoms with Crippen molar-refractivity contribution in [3.05, 3.63) is 54.6 Å². The van der Waals surface area contributed by atoms with Gasteiger partial charge in [-0.3, -0.25) is 4.90 Å². The Morgan fingerprint density at radius 3 is 2.56 bits per heavy atom. The van der Waals surface area contributed by atoms with Gasteiger partial charge in [0, 0.05) is 48.8 Å². The maximum Gasteiger partial charge on any atom is 0.150 e. The molecule has 27 heavy (non-hydrogen) atoms. The second kappa shape index (κ2) is 9.55. The van der Waals surface area contributed by atoms with Gasteiger partial charge in [0.1, 0.15) is 5.82 Å². The molecule has 4 nitrogen and oxygen atoms in total. The molecule has 6 heteroatoms. The number of aromatic nitrogens is 1. The van der Waals surface area contributed by atoms with Crippen LogP contribution in [0.5, 0.6) is 0 Å². The number of ether oxygens (including phenoxy) is 1. The molecule has 1 aliphatic rings. The van der Waals surface area contributed by atoms with E-state index in [4.69, 9.17) is 4.74 Å². The number of anilines is 1. The Morgan fingerprint density at radius 2 is 1.70 bits per heavy atom. The topological polar surface area (TPSA) is 28.6 Å². The Bertz CT molecular complexity index is 832. The molecule has 0 atom stereocenters. The lowest BCUT2D eigenvalue weighted by Gasteiger charge is -2.35. The van der Waals surface area contributed by atoms with Crippen LogP contribution in [0.4, 0.5) is 5.82 Å². The van der Waals surface area contributed by atoms with Crippen LogP contribution in [0.25, 0.3) is 10.1 Å². The minimum Gasteiger partial charge on any atom is -0.379 e. The van der Waals surface area contributed by atoms with Gasteiger partial charge in [-0.2, -0.15) is 4.37 Å². The average molecular weight is 400 g/mol. The Kier molecular flexibility index (Phi) is 6.63. The van der Waals surface area contributed by atoms with Crippen molar-refractivity contribution in [1.29, 1.82) is 0 Å². The molecule has 2 aromatic carbocycles. The number of piperazine rings is 1. The number of benzene rings is 2. The Balaban J connectivity index is 1.14. The molecule has 3 aromatic rings. The van der Waals surface area contributed by atoms with E-state index in [9.17, 15) is 0 Å². The smallest absolute Gasteiger partial charge is 0.150 e. The molecule has 0 bridgehead atoms. The molecule has 1 saturated heterocycles. The molecule has 0 radical (unpaired) electrons. The number of thioether (sulfide) groups is 1. The Hall–Kier alpha value is -1.60. The molecule has 1 aliphatic heterocycles. The number of nitrogens with zero attached hydrogens (tertiary/aromatic N) is 3. The van der Waals surface area contributed by atoms with E-state index in [-0.39, 0.29) is 0 Å². The van der Waals surface area contributed by atoms with Crippen molar-refractivity contribution in [3.8, 4) is 0 Å². The largest absolute Gasteiger partial charge is 0.379 e. The highest BCUT2D eigenvalue weighted by molar-refractivity contribution is 7.99. The van der Waals surface area contributed by atoms with Crippen molar-refractivity contribution in [2.24, 2.45) is 0 Å². The molecule has 0 aliphatic carbocycles. The van der Waals surface area contributed by atoms with E-state index in [2.05, 4.69) is 68.8 Å². The standard InChI is InChI=1S/C21H25N3OS2/c1-2-6-18(7-3-1)26-17-16-25-15-14-23-10-12-24(13-11-23)21-19-8-4-5-9-20(19)27-22-21/h1-9H,10-17H2. The van der Waals surface area contributed by atoms with Crippen molar-refractivity contribution in [2.75, 3.05) is 56.6 Å². The van der Waals surface area contributed by atoms with Crippen LogP contribution in [-0.4, -0.2) is 61.0 Å². The molecule has 4 rings (SSSR count). The molecule has 2 heterocycles. The summed E-state index contributed by atoms with van der Waals surface area (Å²) in [6, 6.07) is 19.0. The van der Waals surface area contributed by atoms with Crippen molar-refractivity contribution in [3.63, 3.8) is 0 Å². The van der Waals surface area contributed by atoms with Crippen LogP contribution in [0, 0.1) is 0 Å². The minimum atomic E-state index is 0.810. The van der Waals surface area contributed by atoms with Gasteiger partial charge in [-0.05, 0) is 35.8 Å². The van der Waals surface area contributed by atoms with Crippen LogP contribution >= 0.6 is 23.3 Å². The van der Waals surface area contributed by atoms with E-state index >= 15 is 0 Å². The van der Waals surface area contributed by atoms with Gasteiger partial charge in [0.25, 0.3) is 0 Å². The zero-order valence-corrected chi connectivity index (χ0v) is 17.1. The molecule has 0 N–H and O–H groups in total. The summed E-state index contributed by atoms with van der Waals surface area (Å²) in [7, 11) is 0. The number of hydrogen-bond acceptors (Lipinski definition) is 6. The van der Waals surface area contributed by atoms with Crippen LogP contribution in [0.3, 0.4) is 0 Å². The first-order valence-corrected chi connectivity index (χ1v) is 11.2. The number of hydrogen-bond donors (Lipinski definition) is 0. The first-order valence-electron chi connectivity index (χ1n) is 9.47. The lowest BCUT2D eigenvalue weighted by molar-refractivity contribution is 0.112. The zero-order valence-electron chi connectivity index (χ0n) is 15.4. The normalized spacial score (nSPS) is 15.5. The van der Waals surface area contributed by atoms with E-state index in [1.807, 2.05) is 11.8 Å². The first-order chi connectivity index (χ1) is 13.4. The zero-order chi connectivity index (χ0) is 18.3. The van der Waals surface area contributed by atoms with Gasteiger partial charge in [-0.25, -0.2) is 0 Å². The first kappa shape index (κ1) is 18.7. The third-order valence-electron chi connectivity index (χ3n) is 4.82. The fourth-order valence-corrected chi connectivity index (χ4v) is 4.90. The summed E-state index contributed by atoms with van der Waals surface area (Å²) in [5.41, 5.74) is 0. The van der Waals surface area contributed by atoms with Crippen molar-refractivity contribution >= 4 is 39.2 Å². The maximum absolute atomic E-state index is 5.83. The third kappa shape index (κ3) is 5.02. The maximum atomic E-state index is 5.83. The summed E-state index contributed by atoms with van der Waals surface area (Å²) in [6.07, 6.45) is 0. The second-order valence-electron chi connectivity index (χ2n) is 6.60. The summed E-state index contributed by atoms with van der Waals surface area (Å²) in [6.45, 7) is 6.87. The fraction of sp³-hybridized carbons (Fsp3) is 0.381. The molecular formula is C21H25N3OS2. The Morgan fingerprint density at radius 1 is 0.926 bits per heavy atom. The van der Waals surface area contributed by atoms with Crippen LogP contribution < -0.4 is 4.90 Å². The molecule has 0 amide bonds. The van der Waals surface area contributed by atoms with Crippen LogP contribution in [0.2, 0.25) is 0 Å². The van der Waals surface area contributed by atoms with Crippen LogP contribution in [0.1, 0.15) is 0 Å². The molecule has 1 aromatic heterocycles. The SMILES string of the molecule is c1ccc(SCCOCCN2CCN(c3nsc4ccccc34)CC2)cc1. The van der Waals surface area contributed by atoms with Gasteiger partial charge in [-0.1, -0.05) is 30.3 Å². The predicted octanol–water partition coefficient (Wildman–Crippen LogP) is 4.23.